The lowest BCUT2D eigenvalue weighted by Crippen LogP contribution is -2.19. The highest BCUT2D eigenvalue weighted by Gasteiger charge is 2.03. The summed E-state index contributed by atoms with van der Waals surface area (Å²) in [5.41, 5.74) is 1.05. The van der Waals surface area contributed by atoms with Gasteiger partial charge in [0.25, 0.3) is 5.24 Å². The summed E-state index contributed by atoms with van der Waals surface area (Å²) in [7, 11) is 3.33. The second kappa shape index (κ2) is 4.91. The van der Waals surface area contributed by atoms with Gasteiger partial charge in [0.05, 0.1) is 7.11 Å². The van der Waals surface area contributed by atoms with Crippen molar-refractivity contribution in [3.05, 3.63) is 29.8 Å². The van der Waals surface area contributed by atoms with Gasteiger partial charge in [-0.25, -0.2) is 0 Å². The summed E-state index contributed by atoms with van der Waals surface area (Å²) in [6.07, 6.45) is 0. The SMILES string of the molecule is COc1ccc(CN(C)C(=O)S)cc1. The van der Waals surface area contributed by atoms with Crippen LogP contribution in [-0.2, 0) is 6.54 Å². The molecule has 0 unspecified atom stereocenters. The number of benzene rings is 1. The second-order valence-electron chi connectivity index (χ2n) is 2.99. The zero-order valence-corrected chi connectivity index (χ0v) is 9.12. The summed E-state index contributed by atoms with van der Waals surface area (Å²) >= 11 is 3.72. The van der Waals surface area contributed by atoms with Crippen LogP contribution >= 0.6 is 12.6 Å². The molecule has 0 saturated heterocycles. The predicted octanol–water partition coefficient (Wildman–Crippen LogP) is 2.18. The molecule has 0 bridgehead atoms. The molecule has 1 aromatic carbocycles. The first-order valence-electron chi connectivity index (χ1n) is 4.20. The minimum Gasteiger partial charge on any atom is -0.497 e. The van der Waals surface area contributed by atoms with E-state index in [0.717, 1.165) is 11.3 Å². The van der Waals surface area contributed by atoms with Crippen molar-refractivity contribution in [2.45, 2.75) is 6.54 Å². The molecule has 4 heteroatoms. The second-order valence-corrected chi connectivity index (χ2v) is 3.37. The van der Waals surface area contributed by atoms with Crippen LogP contribution in [-0.4, -0.2) is 24.3 Å². The fourth-order valence-corrected chi connectivity index (χ4v) is 1.14. The summed E-state index contributed by atoms with van der Waals surface area (Å²) in [5, 5.41) is -0.235. The highest BCUT2D eigenvalue weighted by Crippen LogP contribution is 2.12. The van der Waals surface area contributed by atoms with Crippen molar-refractivity contribution in [3.8, 4) is 5.75 Å². The van der Waals surface area contributed by atoms with Crippen LogP contribution in [0.1, 0.15) is 5.56 Å². The zero-order chi connectivity index (χ0) is 10.6. The van der Waals surface area contributed by atoms with Gasteiger partial charge in [0.1, 0.15) is 5.75 Å². The maximum absolute atomic E-state index is 10.8. The van der Waals surface area contributed by atoms with E-state index in [0.29, 0.717) is 6.54 Å². The molecular formula is C10H13NO2S. The van der Waals surface area contributed by atoms with Gasteiger partial charge in [0, 0.05) is 13.6 Å². The van der Waals surface area contributed by atoms with Crippen molar-refractivity contribution in [1.29, 1.82) is 0 Å². The van der Waals surface area contributed by atoms with E-state index < -0.39 is 0 Å². The molecule has 0 fully saturated rings. The lowest BCUT2D eigenvalue weighted by atomic mass is 10.2. The summed E-state index contributed by atoms with van der Waals surface area (Å²) in [6.45, 7) is 0.562. The Kier molecular flexibility index (Phi) is 3.83. The van der Waals surface area contributed by atoms with E-state index in [1.165, 1.54) is 4.90 Å². The number of nitrogens with zero attached hydrogens (tertiary/aromatic N) is 1. The largest absolute Gasteiger partial charge is 0.497 e. The van der Waals surface area contributed by atoms with E-state index >= 15 is 0 Å². The van der Waals surface area contributed by atoms with Crippen LogP contribution in [0.25, 0.3) is 0 Å². The Morgan fingerprint density at radius 2 is 2.00 bits per heavy atom. The van der Waals surface area contributed by atoms with E-state index in [-0.39, 0.29) is 5.24 Å². The molecule has 0 aliphatic carbocycles. The molecule has 0 aromatic heterocycles. The predicted molar refractivity (Wildman–Crippen MR) is 58.8 cm³/mol. The molecule has 0 radical (unpaired) electrons. The molecule has 1 amide bonds. The van der Waals surface area contributed by atoms with E-state index in [2.05, 4.69) is 12.6 Å². The summed E-state index contributed by atoms with van der Waals surface area (Å²) in [5.74, 6) is 0.814. The molecular weight excluding hydrogens is 198 g/mol. The zero-order valence-electron chi connectivity index (χ0n) is 8.23. The van der Waals surface area contributed by atoms with Crippen LogP contribution < -0.4 is 4.74 Å². The Balaban J connectivity index is 2.64. The Bertz CT molecular complexity index is 310. The van der Waals surface area contributed by atoms with Gasteiger partial charge in [-0.1, -0.05) is 24.8 Å². The van der Waals surface area contributed by atoms with Crippen LogP contribution in [0, 0.1) is 0 Å². The third-order valence-corrected chi connectivity index (χ3v) is 2.25. The van der Waals surface area contributed by atoms with E-state index in [9.17, 15) is 4.79 Å². The maximum atomic E-state index is 10.8. The van der Waals surface area contributed by atoms with Gasteiger partial charge in [-0.15, -0.1) is 0 Å². The smallest absolute Gasteiger partial charge is 0.278 e. The molecule has 1 rings (SSSR count). The van der Waals surface area contributed by atoms with E-state index in [1.807, 2.05) is 24.3 Å². The Hall–Kier alpha value is -1.16. The number of carbonyl (C=O) groups is 1. The molecule has 76 valence electrons. The van der Waals surface area contributed by atoms with Gasteiger partial charge in [-0.3, -0.25) is 4.79 Å². The van der Waals surface area contributed by atoms with Gasteiger partial charge >= 0.3 is 0 Å². The lowest BCUT2D eigenvalue weighted by molar-refractivity contribution is 0.232. The van der Waals surface area contributed by atoms with Crippen molar-refractivity contribution in [3.63, 3.8) is 0 Å². The highest BCUT2D eigenvalue weighted by atomic mass is 32.1. The number of rotatable bonds is 3. The van der Waals surface area contributed by atoms with Crippen molar-refractivity contribution in [2.24, 2.45) is 0 Å². The number of hydrogen-bond donors (Lipinski definition) is 1. The van der Waals surface area contributed by atoms with E-state index in [1.54, 1.807) is 14.2 Å². The number of thiol groups is 1. The van der Waals surface area contributed by atoms with Crippen LogP contribution in [0.5, 0.6) is 5.75 Å². The Morgan fingerprint density at radius 3 is 2.43 bits per heavy atom. The lowest BCUT2D eigenvalue weighted by Gasteiger charge is -2.13. The first-order chi connectivity index (χ1) is 6.63. The average molecular weight is 211 g/mol. The van der Waals surface area contributed by atoms with Gasteiger partial charge in [-0.2, -0.15) is 0 Å². The number of amides is 1. The van der Waals surface area contributed by atoms with Crippen LogP contribution in [0.15, 0.2) is 24.3 Å². The van der Waals surface area contributed by atoms with Gasteiger partial charge in [0.15, 0.2) is 0 Å². The van der Waals surface area contributed by atoms with Gasteiger partial charge in [0.2, 0.25) is 0 Å². The van der Waals surface area contributed by atoms with Crippen LogP contribution in [0.4, 0.5) is 4.79 Å². The van der Waals surface area contributed by atoms with Crippen molar-refractivity contribution < 1.29 is 9.53 Å². The highest BCUT2D eigenvalue weighted by molar-refractivity contribution is 7.96. The monoisotopic (exact) mass is 211 g/mol. The molecule has 1 aromatic rings. The number of methoxy groups -OCH3 is 1. The minimum absolute atomic E-state index is 0.235. The van der Waals surface area contributed by atoms with Crippen LogP contribution in [0.3, 0.4) is 0 Å². The third kappa shape index (κ3) is 2.96. The van der Waals surface area contributed by atoms with Crippen LogP contribution in [0.2, 0.25) is 0 Å². The average Bonchev–Trinajstić information content (AvgIpc) is 2.19. The molecule has 0 spiro atoms. The summed E-state index contributed by atoms with van der Waals surface area (Å²) in [4.78, 5) is 12.4. The molecule has 14 heavy (non-hydrogen) atoms. The third-order valence-electron chi connectivity index (χ3n) is 1.91. The van der Waals surface area contributed by atoms with Gasteiger partial charge in [-0.05, 0) is 17.7 Å². The fourth-order valence-electron chi connectivity index (χ4n) is 1.07. The number of ether oxygens (including phenoxy) is 1. The van der Waals surface area contributed by atoms with Crippen molar-refractivity contribution in [2.75, 3.05) is 14.2 Å². The van der Waals surface area contributed by atoms with E-state index in [4.69, 9.17) is 4.74 Å². The normalized spacial score (nSPS) is 9.64. The molecule has 3 nitrogen and oxygen atoms in total. The molecule has 0 saturated carbocycles. The van der Waals surface area contributed by atoms with Crippen molar-refractivity contribution in [1.82, 2.24) is 4.90 Å². The topological polar surface area (TPSA) is 29.5 Å². The first-order valence-corrected chi connectivity index (χ1v) is 4.65. The maximum Gasteiger partial charge on any atom is 0.278 e. The van der Waals surface area contributed by atoms with Crippen molar-refractivity contribution >= 4 is 17.9 Å². The minimum atomic E-state index is -0.235. The number of carbonyl (C=O) groups excluding carboxylic acids is 1. The quantitative estimate of drug-likeness (QED) is 0.776. The Labute approximate surface area is 89.1 Å². The fraction of sp³-hybridized carbons (Fsp3) is 0.300. The summed E-state index contributed by atoms with van der Waals surface area (Å²) < 4.78 is 5.03. The standard InChI is InChI=1S/C10H13NO2S/c1-11(10(12)14)7-8-3-5-9(13-2)6-4-8/h3-6H,7H2,1-2H3,(H,12,14). The summed E-state index contributed by atoms with van der Waals surface area (Å²) in [6, 6.07) is 7.58. The number of hydrogen-bond acceptors (Lipinski definition) is 2. The molecule has 0 aliphatic rings. The van der Waals surface area contributed by atoms with Gasteiger partial charge < -0.3 is 9.64 Å². The molecule has 0 heterocycles. The molecule has 0 atom stereocenters. The molecule has 0 N–H and O–H groups in total. The Morgan fingerprint density at radius 1 is 1.43 bits per heavy atom. The first kappa shape index (κ1) is 10.9. The molecule has 0 aliphatic heterocycles.